The number of aliphatic hydroxyl groups is 1. The molecule has 1 unspecified atom stereocenters. The fourth-order valence-electron chi connectivity index (χ4n) is 6.16. The predicted octanol–water partition coefficient (Wildman–Crippen LogP) is 3.73. The summed E-state index contributed by atoms with van der Waals surface area (Å²) in [5.74, 6) is 0.708. The second-order valence-corrected chi connectivity index (χ2v) is 17.1. The minimum atomic E-state index is -3.85. The second kappa shape index (κ2) is 15.2. The molecule has 2 atom stereocenters. The number of sulfone groups is 1. The zero-order chi connectivity index (χ0) is 34.5. The van der Waals surface area contributed by atoms with E-state index in [4.69, 9.17) is 19.9 Å². The number of nitrogens with two attached hydrogens (primary N) is 1. The van der Waals surface area contributed by atoms with Crippen LogP contribution in [0.3, 0.4) is 0 Å². The zero-order valence-corrected chi connectivity index (χ0v) is 29.4. The lowest BCUT2D eigenvalue weighted by molar-refractivity contribution is -0.0312. The van der Waals surface area contributed by atoms with Crippen LogP contribution in [0.2, 0.25) is 0 Å². The molecular weight excluding hydrogens is 655 g/mol. The quantitative estimate of drug-likeness (QED) is 0.226. The molecule has 48 heavy (non-hydrogen) atoms. The van der Waals surface area contributed by atoms with E-state index in [0.29, 0.717) is 63.6 Å². The molecule has 1 spiro atoms. The maximum absolute atomic E-state index is 14.0. The number of piperidine rings is 1. The number of hydrogen-bond acceptors (Lipinski definition) is 10. The molecule has 11 nitrogen and oxygen atoms in total. The summed E-state index contributed by atoms with van der Waals surface area (Å²) in [5, 5.41) is 13.4. The topological polar surface area (TPSA) is 157 Å². The Kier molecular flexibility index (Phi) is 11.5. The van der Waals surface area contributed by atoms with Gasteiger partial charge in [0.2, 0.25) is 10.0 Å². The first-order valence-electron chi connectivity index (χ1n) is 16.5. The van der Waals surface area contributed by atoms with Crippen molar-refractivity contribution in [1.29, 1.82) is 0 Å². The van der Waals surface area contributed by atoms with E-state index in [-0.39, 0.29) is 29.0 Å². The van der Waals surface area contributed by atoms with Crippen molar-refractivity contribution in [2.45, 2.75) is 79.4 Å². The summed E-state index contributed by atoms with van der Waals surface area (Å²) in [5.41, 5.74) is 7.97. The second-order valence-electron chi connectivity index (χ2n) is 12.7. The molecule has 4 N–H and O–H groups in total. The molecule has 0 radical (unpaired) electrons. The van der Waals surface area contributed by atoms with Gasteiger partial charge in [0.05, 0.1) is 29.0 Å². The van der Waals surface area contributed by atoms with Crippen LogP contribution < -0.4 is 20.5 Å². The highest BCUT2D eigenvalue weighted by Crippen LogP contribution is 2.39. The number of benzene rings is 3. The lowest BCUT2D eigenvalue weighted by Gasteiger charge is -2.38. The Morgan fingerprint density at radius 3 is 2.38 bits per heavy atom. The molecule has 13 heteroatoms. The SMILES string of the molecule is CCOc1ccc(-c2ccc(CN)cc2)cc1S(=O)(=O)N1CCC2(CC1)C[C@H](NCC(O)COc1cccc(S(=O)(=O)C(C)C)c1)CO2. The first-order chi connectivity index (χ1) is 22.9. The first-order valence-corrected chi connectivity index (χ1v) is 19.4. The average Bonchev–Trinajstić information content (AvgIpc) is 3.48. The van der Waals surface area contributed by atoms with Crippen LogP contribution in [0.5, 0.6) is 11.5 Å². The Bertz CT molecular complexity index is 1760. The monoisotopic (exact) mass is 701 g/mol. The molecule has 3 aromatic rings. The summed E-state index contributed by atoms with van der Waals surface area (Å²) in [4.78, 5) is 0.337. The van der Waals surface area contributed by atoms with Crippen LogP contribution in [0.15, 0.2) is 76.5 Å². The summed E-state index contributed by atoms with van der Waals surface area (Å²) < 4.78 is 72.1. The number of sulfonamides is 1. The standard InChI is InChI=1S/C35H47N3O8S2/c1-4-44-33-13-12-28(27-10-8-26(21-36)9-11-27)18-34(33)48(42,43)38-16-14-35(15-17-38)20-29(23-46-35)37-22-30(39)24-45-31-6-5-7-32(19-31)47(40,41)25(2)3/h5-13,18-19,25,29-30,37,39H,4,14-17,20-24,36H2,1-3H3/t29-,30?/m0/s1. The molecule has 0 bridgehead atoms. The average molecular weight is 702 g/mol. The molecule has 262 valence electrons. The fraction of sp³-hybridized carbons (Fsp3) is 0.486. The van der Waals surface area contributed by atoms with E-state index in [0.717, 1.165) is 16.7 Å². The lowest BCUT2D eigenvalue weighted by Crippen LogP contribution is -2.47. The van der Waals surface area contributed by atoms with Gasteiger partial charge in [-0.15, -0.1) is 0 Å². The molecule has 2 fully saturated rings. The van der Waals surface area contributed by atoms with Crippen LogP contribution in [-0.4, -0.2) is 88.7 Å². The maximum atomic E-state index is 14.0. The van der Waals surface area contributed by atoms with Crippen molar-refractivity contribution < 1.29 is 36.2 Å². The Morgan fingerprint density at radius 1 is 1.00 bits per heavy atom. The van der Waals surface area contributed by atoms with Crippen molar-refractivity contribution in [3.05, 3.63) is 72.3 Å². The van der Waals surface area contributed by atoms with Gasteiger partial charge in [-0.3, -0.25) is 0 Å². The maximum Gasteiger partial charge on any atom is 0.246 e. The summed E-state index contributed by atoms with van der Waals surface area (Å²) >= 11 is 0. The molecule has 0 aromatic heterocycles. The minimum Gasteiger partial charge on any atom is -0.492 e. The zero-order valence-electron chi connectivity index (χ0n) is 27.8. The molecule has 5 rings (SSSR count). The van der Waals surface area contributed by atoms with Crippen LogP contribution in [-0.2, 0) is 31.1 Å². The van der Waals surface area contributed by atoms with Crippen molar-refractivity contribution in [2.75, 3.05) is 39.5 Å². The first kappa shape index (κ1) is 36.2. The Hall–Kier alpha value is -3.04. The third kappa shape index (κ3) is 8.21. The van der Waals surface area contributed by atoms with Crippen LogP contribution >= 0.6 is 0 Å². The highest BCUT2D eigenvalue weighted by atomic mass is 32.2. The molecule has 0 amide bonds. The van der Waals surface area contributed by atoms with Crippen molar-refractivity contribution in [2.24, 2.45) is 5.73 Å². The van der Waals surface area contributed by atoms with Gasteiger partial charge in [0, 0.05) is 32.2 Å². The Morgan fingerprint density at radius 2 is 1.71 bits per heavy atom. The lowest BCUT2D eigenvalue weighted by atomic mass is 9.88. The van der Waals surface area contributed by atoms with Gasteiger partial charge in [-0.1, -0.05) is 36.4 Å². The Balaban J connectivity index is 1.15. The van der Waals surface area contributed by atoms with Crippen molar-refractivity contribution in [1.82, 2.24) is 9.62 Å². The molecule has 2 saturated heterocycles. The van der Waals surface area contributed by atoms with Crippen LogP contribution in [0.4, 0.5) is 0 Å². The highest BCUT2D eigenvalue weighted by molar-refractivity contribution is 7.92. The van der Waals surface area contributed by atoms with Crippen molar-refractivity contribution >= 4 is 19.9 Å². The summed E-state index contributed by atoms with van der Waals surface area (Å²) in [6, 6.07) is 19.3. The molecule has 2 aliphatic heterocycles. The van der Waals surface area contributed by atoms with E-state index in [1.165, 1.54) is 16.4 Å². The number of nitrogens with one attached hydrogen (secondary N) is 1. The predicted molar refractivity (Wildman–Crippen MR) is 184 cm³/mol. The van der Waals surface area contributed by atoms with Gasteiger partial charge in [-0.25, -0.2) is 16.8 Å². The van der Waals surface area contributed by atoms with E-state index >= 15 is 0 Å². The molecule has 0 saturated carbocycles. The van der Waals surface area contributed by atoms with Gasteiger partial charge in [0.1, 0.15) is 29.1 Å². The van der Waals surface area contributed by atoms with Crippen LogP contribution in [0.1, 0.15) is 45.6 Å². The number of nitrogens with zero attached hydrogens (tertiary/aromatic N) is 1. The number of aliphatic hydroxyl groups excluding tert-OH is 1. The van der Waals surface area contributed by atoms with Gasteiger partial charge in [-0.2, -0.15) is 4.31 Å². The summed E-state index contributed by atoms with van der Waals surface area (Å²) in [6.45, 7) is 7.21. The van der Waals surface area contributed by atoms with Crippen molar-refractivity contribution in [3.8, 4) is 22.6 Å². The smallest absolute Gasteiger partial charge is 0.246 e. The normalized spacial score (nSPS) is 19.1. The van der Waals surface area contributed by atoms with Gasteiger partial charge in [0.25, 0.3) is 0 Å². The van der Waals surface area contributed by atoms with E-state index in [1.54, 1.807) is 38.1 Å². The number of hydrogen-bond donors (Lipinski definition) is 3. The minimum absolute atomic E-state index is 0.00535. The van der Waals surface area contributed by atoms with E-state index in [1.807, 2.05) is 37.3 Å². The molecular formula is C35H47N3O8S2. The highest BCUT2D eigenvalue weighted by Gasteiger charge is 2.45. The molecule has 0 aliphatic carbocycles. The molecule has 2 aliphatic rings. The van der Waals surface area contributed by atoms with Gasteiger partial charge in [-0.05, 0) is 87.1 Å². The largest absolute Gasteiger partial charge is 0.492 e. The molecule has 2 heterocycles. The van der Waals surface area contributed by atoms with Gasteiger partial charge < -0.3 is 30.4 Å². The summed E-state index contributed by atoms with van der Waals surface area (Å²) in [6.07, 6.45) is 0.973. The summed E-state index contributed by atoms with van der Waals surface area (Å²) in [7, 11) is -7.28. The van der Waals surface area contributed by atoms with E-state index in [2.05, 4.69) is 5.32 Å². The number of ether oxygens (including phenoxy) is 3. The van der Waals surface area contributed by atoms with Gasteiger partial charge in [0.15, 0.2) is 9.84 Å². The molecule has 3 aromatic carbocycles. The van der Waals surface area contributed by atoms with E-state index in [9.17, 15) is 21.9 Å². The van der Waals surface area contributed by atoms with E-state index < -0.39 is 36.8 Å². The number of rotatable bonds is 14. The fourth-order valence-corrected chi connectivity index (χ4v) is 8.85. The van der Waals surface area contributed by atoms with Gasteiger partial charge >= 0.3 is 0 Å². The van der Waals surface area contributed by atoms with Crippen LogP contribution in [0.25, 0.3) is 11.1 Å². The third-order valence-corrected chi connectivity index (χ3v) is 13.1. The Labute approximate surface area is 284 Å². The van der Waals surface area contributed by atoms with Crippen molar-refractivity contribution in [3.63, 3.8) is 0 Å². The van der Waals surface area contributed by atoms with Crippen LogP contribution in [0, 0.1) is 0 Å². The third-order valence-electron chi connectivity index (χ3n) is 9.07.